The molecule has 0 amide bonds. The zero-order valence-corrected chi connectivity index (χ0v) is 11.5. The topological polar surface area (TPSA) is 21.3 Å². The van der Waals surface area contributed by atoms with Crippen molar-refractivity contribution in [3.63, 3.8) is 0 Å². The summed E-state index contributed by atoms with van der Waals surface area (Å²) < 4.78 is 28.6. The molecular formula is C16H19F2NO. The van der Waals surface area contributed by atoms with Crippen LogP contribution in [0.2, 0.25) is 0 Å². The highest BCUT2D eigenvalue weighted by Crippen LogP contribution is 2.19. The summed E-state index contributed by atoms with van der Waals surface area (Å²) in [5.41, 5.74) is 1.18. The quantitative estimate of drug-likeness (QED) is 0.779. The van der Waals surface area contributed by atoms with Crippen molar-refractivity contribution in [2.24, 2.45) is 0 Å². The summed E-state index contributed by atoms with van der Waals surface area (Å²) in [7, 11) is 0. The van der Waals surface area contributed by atoms with E-state index in [9.17, 15) is 8.78 Å². The van der Waals surface area contributed by atoms with Gasteiger partial charge < -0.3 is 10.1 Å². The first-order chi connectivity index (χ1) is 9.66. The molecule has 0 radical (unpaired) electrons. The second-order valence-corrected chi connectivity index (χ2v) is 4.75. The van der Waals surface area contributed by atoms with Gasteiger partial charge in [0.1, 0.15) is 6.61 Å². The van der Waals surface area contributed by atoms with E-state index in [1.54, 1.807) is 0 Å². The van der Waals surface area contributed by atoms with Gasteiger partial charge in [-0.2, -0.15) is 0 Å². The Morgan fingerprint density at radius 2 is 1.85 bits per heavy atom. The highest BCUT2D eigenvalue weighted by molar-refractivity contribution is 5.83. The first-order valence-corrected chi connectivity index (χ1v) is 6.75. The van der Waals surface area contributed by atoms with Gasteiger partial charge in [0.25, 0.3) is 6.43 Å². The number of fused-ring (bicyclic) bond motifs is 1. The summed E-state index contributed by atoms with van der Waals surface area (Å²) in [5.74, 6) is 0. The number of rotatable bonds is 7. The Morgan fingerprint density at radius 1 is 1.10 bits per heavy atom. The zero-order valence-electron chi connectivity index (χ0n) is 11.5. The van der Waals surface area contributed by atoms with E-state index in [1.165, 1.54) is 16.3 Å². The predicted octanol–water partition coefficient (Wildman–Crippen LogP) is 3.77. The van der Waals surface area contributed by atoms with E-state index in [-0.39, 0.29) is 6.04 Å². The molecule has 1 N–H and O–H groups in total. The van der Waals surface area contributed by atoms with Gasteiger partial charge in [-0.05, 0) is 29.3 Å². The zero-order chi connectivity index (χ0) is 14.4. The Bertz CT molecular complexity index is 545. The van der Waals surface area contributed by atoms with E-state index < -0.39 is 13.0 Å². The Balaban J connectivity index is 1.86. The van der Waals surface area contributed by atoms with Crippen molar-refractivity contribution in [1.82, 2.24) is 5.32 Å². The highest BCUT2D eigenvalue weighted by atomic mass is 19.3. The van der Waals surface area contributed by atoms with Crippen LogP contribution in [-0.2, 0) is 4.74 Å². The minimum Gasteiger partial charge on any atom is -0.374 e. The smallest absolute Gasteiger partial charge is 0.261 e. The van der Waals surface area contributed by atoms with Gasteiger partial charge in [-0.3, -0.25) is 0 Å². The minimum atomic E-state index is -2.40. The van der Waals surface area contributed by atoms with Gasteiger partial charge in [-0.1, -0.05) is 36.4 Å². The SMILES string of the molecule is CC(NCCOCC(F)F)c1ccc2ccccc2c1. The molecule has 1 atom stereocenters. The van der Waals surface area contributed by atoms with Crippen molar-refractivity contribution in [1.29, 1.82) is 0 Å². The molecule has 4 heteroatoms. The average molecular weight is 279 g/mol. The van der Waals surface area contributed by atoms with E-state index in [0.717, 1.165) is 0 Å². The molecule has 0 saturated heterocycles. The molecule has 0 saturated carbocycles. The van der Waals surface area contributed by atoms with E-state index in [2.05, 4.69) is 42.6 Å². The third-order valence-corrected chi connectivity index (χ3v) is 3.21. The van der Waals surface area contributed by atoms with Crippen molar-refractivity contribution >= 4 is 10.8 Å². The van der Waals surface area contributed by atoms with E-state index >= 15 is 0 Å². The van der Waals surface area contributed by atoms with Crippen LogP contribution in [0, 0.1) is 0 Å². The van der Waals surface area contributed by atoms with Crippen LogP contribution in [0.3, 0.4) is 0 Å². The molecule has 0 heterocycles. The number of hydrogen-bond donors (Lipinski definition) is 1. The molecule has 2 nitrogen and oxygen atoms in total. The summed E-state index contributed by atoms with van der Waals surface area (Å²) in [6, 6.07) is 14.7. The molecular weight excluding hydrogens is 260 g/mol. The first-order valence-electron chi connectivity index (χ1n) is 6.75. The number of benzene rings is 2. The standard InChI is InChI=1S/C16H19F2NO/c1-12(19-8-9-20-11-16(17)18)14-7-6-13-4-2-3-5-15(13)10-14/h2-7,10,12,16,19H,8-9,11H2,1H3. The molecule has 0 spiro atoms. The Kier molecular flexibility index (Phi) is 5.44. The molecule has 108 valence electrons. The molecule has 0 fully saturated rings. The highest BCUT2D eigenvalue weighted by Gasteiger charge is 2.06. The lowest BCUT2D eigenvalue weighted by molar-refractivity contribution is 0.0183. The summed E-state index contributed by atoms with van der Waals surface area (Å²) in [5, 5.41) is 5.68. The Hall–Kier alpha value is -1.52. The van der Waals surface area contributed by atoms with Crippen molar-refractivity contribution in [2.75, 3.05) is 19.8 Å². The monoisotopic (exact) mass is 279 g/mol. The van der Waals surface area contributed by atoms with Crippen LogP contribution < -0.4 is 5.32 Å². The summed E-state index contributed by atoms with van der Waals surface area (Å²) in [6.07, 6.45) is -2.40. The predicted molar refractivity (Wildman–Crippen MR) is 77.2 cm³/mol. The van der Waals surface area contributed by atoms with Crippen molar-refractivity contribution < 1.29 is 13.5 Å². The lowest BCUT2D eigenvalue weighted by Gasteiger charge is -2.15. The van der Waals surface area contributed by atoms with Crippen LogP contribution >= 0.6 is 0 Å². The molecule has 2 aromatic carbocycles. The van der Waals surface area contributed by atoms with Gasteiger partial charge in [-0.25, -0.2) is 8.78 Å². The molecule has 2 aromatic rings. The number of hydrogen-bond acceptors (Lipinski definition) is 2. The normalized spacial score (nSPS) is 13.0. The lowest BCUT2D eigenvalue weighted by atomic mass is 10.0. The molecule has 1 unspecified atom stereocenters. The fourth-order valence-electron chi connectivity index (χ4n) is 2.12. The summed E-state index contributed by atoms with van der Waals surface area (Å²) in [6.45, 7) is 2.41. The number of nitrogens with one attached hydrogen (secondary N) is 1. The van der Waals surface area contributed by atoms with Gasteiger partial charge in [0.05, 0.1) is 6.61 Å². The van der Waals surface area contributed by atoms with Crippen molar-refractivity contribution in [3.8, 4) is 0 Å². The van der Waals surface area contributed by atoms with Crippen LogP contribution in [0.4, 0.5) is 8.78 Å². The van der Waals surface area contributed by atoms with Gasteiger partial charge in [-0.15, -0.1) is 0 Å². The van der Waals surface area contributed by atoms with E-state index in [1.807, 2.05) is 12.1 Å². The second-order valence-electron chi connectivity index (χ2n) is 4.75. The van der Waals surface area contributed by atoms with Gasteiger partial charge in [0, 0.05) is 12.6 Å². The van der Waals surface area contributed by atoms with Crippen LogP contribution in [0.25, 0.3) is 10.8 Å². The van der Waals surface area contributed by atoms with Crippen molar-refractivity contribution in [2.45, 2.75) is 19.4 Å². The minimum absolute atomic E-state index is 0.162. The first kappa shape index (κ1) is 14.9. The Morgan fingerprint density at radius 3 is 2.60 bits per heavy atom. The molecule has 0 aromatic heterocycles. The van der Waals surface area contributed by atoms with E-state index in [4.69, 9.17) is 4.74 Å². The fourth-order valence-corrected chi connectivity index (χ4v) is 2.12. The lowest BCUT2D eigenvalue weighted by Crippen LogP contribution is -2.24. The van der Waals surface area contributed by atoms with Gasteiger partial charge in [0.2, 0.25) is 0 Å². The molecule has 0 aliphatic heterocycles. The Labute approximate surface area is 117 Å². The molecule has 2 rings (SSSR count). The average Bonchev–Trinajstić information content (AvgIpc) is 2.46. The number of halogens is 2. The van der Waals surface area contributed by atoms with Gasteiger partial charge in [0.15, 0.2) is 0 Å². The van der Waals surface area contributed by atoms with Crippen molar-refractivity contribution in [3.05, 3.63) is 48.0 Å². The molecule has 0 aliphatic rings. The fraction of sp³-hybridized carbons (Fsp3) is 0.375. The number of ether oxygens (including phenoxy) is 1. The third kappa shape index (κ3) is 4.25. The summed E-state index contributed by atoms with van der Waals surface area (Å²) >= 11 is 0. The molecule has 0 bridgehead atoms. The maximum atomic E-state index is 11.9. The maximum absolute atomic E-state index is 11.9. The number of alkyl halides is 2. The van der Waals surface area contributed by atoms with Gasteiger partial charge >= 0.3 is 0 Å². The molecule has 0 aliphatic carbocycles. The van der Waals surface area contributed by atoms with E-state index in [0.29, 0.717) is 13.2 Å². The van der Waals surface area contributed by atoms with Crippen LogP contribution in [0.5, 0.6) is 0 Å². The van der Waals surface area contributed by atoms with Crippen LogP contribution in [-0.4, -0.2) is 26.2 Å². The third-order valence-electron chi connectivity index (χ3n) is 3.21. The van der Waals surface area contributed by atoms with Crippen LogP contribution in [0.1, 0.15) is 18.5 Å². The second kappa shape index (κ2) is 7.31. The molecule has 20 heavy (non-hydrogen) atoms. The maximum Gasteiger partial charge on any atom is 0.261 e. The van der Waals surface area contributed by atoms with Crippen LogP contribution in [0.15, 0.2) is 42.5 Å². The summed E-state index contributed by atoms with van der Waals surface area (Å²) in [4.78, 5) is 0. The largest absolute Gasteiger partial charge is 0.374 e.